The zero-order valence-corrected chi connectivity index (χ0v) is 37.0. The first-order chi connectivity index (χ1) is 27.0. The number of rotatable bonds is 38. The summed E-state index contributed by atoms with van der Waals surface area (Å²) in [6.45, 7) is 4.26. The van der Waals surface area contributed by atoms with Crippen LogP contribution >= 0.6 is 7.82 Å². The molecule has 0 aromatic rings. The lowest BCUT2D eigenvalue weighted by Crippen LogP contribution is -2.37. The predicted molar refractivity (Wildman–Crippen MR) is 233 cm³/mol. The third kappa shape index (κ3) is 41.1. The number of phosphoric acid groups is 1. The van der Waals surface area contributed by atoms with E-state index in [-0.39, 0.29) is 26.1 Å². The number of nitrogens with zero attached hydrogens (tertiary/aromatic N) is 1. The molecular formula is C46H81NO8P+. The highest BCUT2D eigenvalue weighted by molar-refractivity contribution is 7.47. The molecule has 0 aliphatic rings. The van der Waals surface area contributed by atoms with Gasteiger partial charge in [-0.3, -0.25) is 18.6 Å². The van der Waals surface area contributed by atoms with Gasteiger partial charge in [0.05, 0.1) is 27.7 Å². The summed E-state index contributed by atoms with van der Waals surface area (Å²) in [4.78, 5) is 35.3. The van der Waals surface area contributed by atoms with Crippen LogP contribution in [0.1, 0.15) is 155 Å². The highest BCUT2D eigenvalue weighted by atomic mass is 31.2. The minimum Gasteiger partial charge on any atom is -0.462 e. The number of ether oxygens (including phenoxy) is 2. The Bertz CT molecular complexity index is 1180. The number of quaternary nitrogens is 1. The van der Waals surface area contributed by atoms with E-state index in [4.69, 9.17) is 18.5 Å². The SMILES string of the molecule is CCCCC/C=C/C/C=C/C/C=C/C/C=C/C/C=C/CCC(=O)O[C@H](COC(=O)CCCCCCC/C=C/CCCCCC)COP(=O)(O)OCC[N+](C)(C)C. The fraction of sp³-hybridized carbons (Fsp3) is 0.696. The van der Waals surface area contributed by atoms with Gasteiger partial charge in [0.2, 0.25) is 0 Å². The number of likely N-dealkylation sites (N-methyl/N-ethyl adjacent to an activating group) is 1. The van der Waals surface area contributed by atoms with E-state index in [0.29, 0.717) is 23.9 Å². The lowest BCUT2D eigenvalue weighted by molar-refractivity contribution is -0.870. The Labute approximate surface area is 342 Å². The largest absolute Gasteiger partial charge is 0.472 e. The molecule has 322 valence electrons. The molecule has 0 rings (SSSR count). The van der Waals surface area contributed by atoms with Crippen LogP contribution in [0.3, 0.4) is 0 Å². The number of phosphoric ester groups is 1. The van der Waals surface area contributed by atoms with Crippen LogP contribution in [0.2, 0.25) is 0 Å². The lowest BCUT2D eigenvalue weighted by atomic mass is 10.1. The van der Waals surface area contributed by atoms with Crippen molar-refractivity contribution in [1.29, 1.82) is 0 Å². The van der Waals surface area contributed by atoms with Crippen LogP contribution in [0.15, 0.2) is 72.9 Å². The molecule has 0 aromatic carbocycles. The first kappa shape index (κ1) is 53.5. The van der Waals surface area contributed by atoms with Gasteiger partial charge in [0.1, 0.15) is 19.8 Å². The molecule has 0 spiro atoms. The van der Waals surface area contributed by atoms with Gasteiger partial charge >= 0.3 is 19.8 Å². The third-order valence-corrected chi connectivity index (χ3v) is 9.71. The van der Waals surface area contributed by atoms with Crippen LogP contribution < -0.4 is 0 Å². The minimum absolute atomic E-state index is 0.0138. The van der Waals surface area contributed by atoms with Crippen molar-refractivity contribution in [2.45, 2.75) is 161 Å². The monoisotopic (exact) mass is 807 g/mol. The van der Waals surface area contributed by atoms with Gasteiger partial charge in [0.25, 0.3) is 0 Å². The molecule has 0 radical (unpaired) electrons. The van der Waals surface area contributed by atoms with Crippen molar-refractivity contribution in [1.82, 2.24) is 0 Å². The smallest absolute Gasteiger partial charge is 0.462 e. The van der Waals surface area contributed by atoms with E-state index in [0.717, 1.165) is 57.8 Å². The molecule has 0 aromatic heterocycles. The average Bonchev–Trinajstić information content (AvgIpc) is 3.15. The first-order valence-electron chi connectivity index (χ1n) is 21.7. The standard InChI is InChI=1S/C46H80NO8P/c1-6-8-10-12-14-16-18-20-21-22-23-24-25-27-29-31-33-35-37-39-46(49)55-44(43-54-56(50,51)53-41-40-47(3,4)5)42-52-45(48)38-36-34-32-30-28-26-19-17-15-13-11-9-7-2/h14,16-17,19-21,23-24,27,29,33,35,44H,6-13,15,18,22,25-26,28,30-32,34,36-43H2,1-5H3/p+1/b16-14+,19-17+,21-20+,24-23+,29-27+,35-33+/t44-/m1/s1. The molecule has 0 amide bonds. The fourth-order valence-corrected chi connectivity index (χ4v) is 6.02. The second-order valence-corrected chi connectivity index (χ2v) is 16.8. The first-order valence-corrected chi connectivity index (χ1v) is 23.2. The highest BCUT2D eigenvalue weighted by Crippen LogP contribution is 2.43. The Kier molecular flexibility index (Phi) is 36.3. The Morgan fingerprint density at radius 1 is 0.554 bits per heavy atom. The van der Waals surface area contributed by atoms with Gasteiger partial charge in [0, 0.05) is 12.8 Å². The molecule has 1 unspecified atom stereocenters. The summed E-state index contributed by atoms with van der Waals surface area (Å²) in [5.74, 6) is -0.912. The lowest BCUT2D eigenvalue weighted by Gasteiger charge is -2.24. The van der Waals surface area contributed by atoms with Crippen molar-refractivity contribution in [3.05, 3.63) is 72.9 Å². The molecule has 10 heteroatoms. The Balaban J connectivity index is 4.53. The van der Waals surface area contributed by atoms with Gasteiger partial charge in [-0.15, -0.1) is 0 Å². The van der Waals surface area contributed by atoms with Crippen LogP contribution in [0.25, 0.3) is 0 Å². The number of carbonyl (C=O) groups is 2. The second-order valence-electron chi connectivity index (χ2n) is 15.4. The zero-order valence-electron chi connectivity index (χ0n) is 36.1. The van der Waals surface area contributed by atoms with Crippen molar-refractivity contribution in [2.75, 3.05) is 47.5 Å². The molecule has 0 aliphatic heterocycles. The van der Waals surface area contributed by atoms with Gasteiger partial charge in [-0.05, 0) is 77.0 Å². The van der Waals surface area contributed by atoms with E-state index < -0.39 is 32.5 Å². The number of unbranched alkanes of at least 4 members (excludes halogenated alkanes) is 12. The normalized spacial score (nSPS) is 14.3. The van der Waals surface area contributed by atoms with E-state index in [2.05, 4.69) is 74.6 Å². The molecule has 0 heterocycles. The van der Waals surface area contributed by atoms with Crippen LogP contribution in [-0.2, 0) is 32.7 Å². The van der Waals surface area contributed by atoms with Crippen LogP contribution in [0.4, 0.5) is 0 Å². The minimum atomic E-state index is -4.40. The number of carbonyl (C=O) groups excluding carboxylic acids is 2. The number of allylic oxidation sites excluding steroid dienone is 12. The molecule has 1 N–H and O–H groups in total. The van der Waals surface area contributed by atoms with E-state index in [1.54, 1.807) is 0 Å². The van der Waals surface area contributed by atoms with E-state index >= 15 is 0 Å². The summed E-state index contributed by atoms with van der Waals surface area (Å²) < 4.78 is 34.2. The number of hydrogen-bond donors (Lipinski definition) is 1. The van der Waals surface area contributed by atoms with Crippen molar-refractivity contribution in [2.24, 2.45) is 0 Å². The summed E-state index contributed by atoms with van der Waals surface area (Å²) in [6, 6.07) is 0. The van der Waals surface area contributed by atoms with Gasteiger partial charge in [-0.25, -0.2) is 4.57 Å². The number of esters is 2. The van der Waals surface area contributed by atoms with E-state index in [1.807, 2.05) is 33.3 Å². The Hall–Kier alpha value is -2.55. The molecule has 0 fully saturated rings. The predicted octanol–water partition coefficient (Wildman–Crippen LogP) is 12.2. The highest BCUT2D eigenvalue weighted by Gasteiger charge is 2.27. The maximum Gasteiger partial charge on any atom is 0.472 e. The molecule has 9 nitrogen and oxygen atoms in total. The van der Waals surface area contributed by atoms with E-state index in [1.165, 1.54) is 57.8 Å². The Morgan fingerprint density at radius 2 is 1.00 bits per heavy atom. The van der Waals surface area contributed by atoms with Crippen LogP contribution in [0, 0.1) is 0 Å². The molecular weight excluding hydrogens is 725 g/mol. The topological polar surface area (TPSA) is 108 Å². The van der Waals surface area contributed by atoms with Crippen molar-refractivity contribution in [3.8, 4) is 0 Å². The Morgan fingerprint density at radius 3 is 1.55 bits per heavy atom. The molecule has 2 atom stereocenters. The maximum atomic E-state index is 12.6. The van der Waals surface area contributed by atoms with Crippen molar-refractivity contribution < 1.29 is 42.1 Å². The zero-order chi connectivity index (χ0) is 41.4. The second kappa shape index (κ2) is 38.0. The van der Waals surface area contributed by atoms with E-state index in [9.17, 15) is 19.0 Å². The fourth-order valence-electron chi connectivity index (χ4n) is 5.28. The summed E-state index contributed by atoms with van der Waals surface area (Å²) in [7, 11) is 1.42. The van der Waals surface area contributed by atoms with Gasteiger partial charge < -0.3 is 18.9 Å². The van der Waals surface area contributed by atoms with Gasteiger partial charge in [-0.2, -0.15) is 0 Å². The van der Waals surface area contributed by atoms with Gasteiger partial charge in [-0.1, -0.05) is 138 Å². The quantitative estimate of drug-likeness (QED) is 0.0216. The summed E-state index contributed by atoms with van der Waals surface area (Å²) >= 11 is 0. The van der Waals surface area contributed by atoms with Crippen molar-refractivity contribution >= 4 is 19.8 Å². The summed E-state index contributed by atoms with van der Waals surface area (Å²) in [5.41, 5.74) is 0. The molecule has 0 saturated carbocycles. The molecule has 0 bridgehead atoms. The molecule has 0 aliphatic carbocycles. The maximum absolute atomic E-state index is 12.6. The summed E-state index contributed by atoms with van der Waals surface area (Å²) in [6.07, 6.45) is 46.8. The summed E-state index contributed by atoms with van der Waals surface area (Å²) in [5, 5.41) is 0. The van der Waals surface area contributed by atoms with Crippen LogP contribution in [0.5, 0.6) is 0 Å². The average molecular weight is 807 g/mol. The van der Waals surface area contributed by atoms with Crippen molar-refractivity contribution in [3.63, 3.8) is 0 Å². The third-order valence-electron chi connectivity index (χ3n) is 8.72. The molecule has 0 saturated heterocycles. The molecule has 56 heavy (non-hydrogen) atoms. The van der Waals surface area contributed by atoms with Gasteiger partial charge in [0.15, 0.2) is 6.10 Å². The van der Waals surface area contributed by atoms with Crippen LogP contribution in [-0.4, -0.2) is 74.9 Å². The number of hydrogen-bond acceptors (Lipinski definition) is 7.